The molecule has 0 amide bonds. The fourth-order valence-electron chi connectivity index (χ4n) is 3.97. The predicted molar refractivity (Wildman–Crippen MR) is 106 cm³/mol. The largest absolute Gasteiger partial charge is 0.465 e. The van der Waals surface area contributed by atoms with Gasteiger partial charge >= 0.3 is 5.97 Å². The van der Waals surface area contributed by atoms with E-state index in [9.17, 15) is 4.79 Å². The SMILES string of the molecule is COC(=O)c1cc(Br)c2c(c1)C1CCC(I)C1N2CC(C)(C)C. The molecule has 3 nitrogen and oxygen atoms in total. The van der Waals surface area contributed by atoms with Crippen molar-refractivity contribution < 1.29 is 9.53 Å². The average Bonchev–Trinajstić information content (AvgIpc) is 2.97. The lowest BCUT2D eigenvalue weighted by Gasteiger charge is -2.35. The number of anilines is 1. The van der Waals surface area contributed by atoms with E-state index in [1.54, 1.807) is 0 Å². The highest BCUT2D eigenvalue weighted by Gasteiger charge is 2.47. The molecule has 3 rings (SSSR count). The number of fused-ring (bicyclic) bond motifs is 3. The van der Waals surface area contributed by atoms with Crippen LogP contribution in [0.2, 0.25) is 0 Å². The monoisotopic (exact) mass is 491 g/mol. The lowest BCUT2D eigenvalue weighted by molar-refractivity contribution is 0.0600. The predicted octanol–water partition coefficient (Wildman–Crippen LogP) is 5.15. The number of carbonyl (C=O) groups is 1. The fraction of sp³-hybridized carbons (Fsp3) is 0.611. The first-order valence-corrected chi connectivity index (χ1v) is 10.1. The Hall–Kier alpha value is -0.300. The minimum absolute atomic E-state index is 0.228. The number of carbonyl (C=O) groups excluding carboxylic acids is 1. The number of hydrogen-bond acceptors (Lipinski definition) is 3. The van der Waals surface area contributed by atoms with Gasteiger partial charge in [0.15, 0.2) is 0 Å². The number of nitrogens with zero attached hydrogens (tertiary/aromatic N) is 1. The van der Waals surface area contributed by atoms with Gasteiger partial charge in [0.05, 0.1) is 18.4 Å². The van der Waals surface area contributed by atoms with Gasteiger partial charge in [-0.2, -0.15) is 0 Å². The molecule has 0 aromatic heterocycles. The maximum atomic E-state index is 12.0. The standard InChI is InChI=1S/C18H23BrINO2/c1-18(2,3)9-21-15-12(11-5-6-14(20)16(11)21)7-10(8-13(15)19)17(22)23-4/h7-8,11,14,16H,5-6,9H2,1-4H3. The van der Waals surface area contributed by atoms with Gasteiger partial charge in [-0.15, -0.1) is 0 Å². The summed E-state index contributed by atoms with van der Waals surface area (Å²) in [4.78, 5) is 14.6. The van der Waals surface area contributed by atoms with Crippen molar-refractivity contribution in [3.63, 3.8) is 0 Å². The van der Waals surface area contributed by atoms with Gasteiger partial charge in [-0.1, -0.05) is 43.4 Å². The second kappa shape index (κ2) is 6.21. The Kier molecular flexibility index (Phi) is 4.73. The summed E-state index contributed by atoms with van der Waals surface area (Å²) < 4.78 is 6.58. The quantitative estimate of drug-likeness (QED) is 0.325. The van der Waals surface area contributed by atoms with E-state index < -0.39 is 0 Å². The lowest BCUT2D eigenvalue weighted by atomic mass is 9.94. The van der Waals surface area contributed by atoms with Crippen LogP contribution in [0.25, 0.3) is 0 Å². The van der Waals surface area contributed by atoms with Crippen LogP contribution in [0.15, 0.2) is 16.6 Å². The molecule has 3 atom stereocenters. The summed E-state index contributed by atoms with van der Waals surface area (Å²) in [6.45, 7) is 7.88. The van der Waals surface area contributed by atoms with Gasteiger partial charge in [-0.05, 0) is 51.9 Å². The van der Waals surface area contributed by atoms with Crippen LogP contribution in [-0.2, 0) is 4.74 Å². The number of rotatable bonds is 2. The van der Waals surface area contributed by atoms with Crippen molar-refractivity contribution in [2.24, 2.45) is 5.41 Å². The molecule has 0 saturated heterocycles. The molecule has 1 aromatic rings. The van der Waals surface area contributed by atoms with Gasteiger partial charge in [-0.25, -0.2) is 4.79 Å². The Balaban J connectivity index is 2.10. The summed E-state index contributed by atoms with van der Waals surface area (Å²) in [5, 5.41) is 0. The normalized spacial score (nSPS) is 26.2. The molecule has 2 aliphatic rings. The molecular formula is C18H23BrINO2. The van der Waals surface area contributed by atoms with Crippen LogP contribution < -0.4 is 4.90 Å². The molecule has 23 heavy (non-hydrogen) atoms. The third-order valence-corrected chi connectivity index (χ3v) is 6.71. The number of ether oxygens (including phenoxy) is 1. The number of esters is 1. The van der Waals surface area contributed by atoms with Crippen molar-refractivity contribution in [2.75, 3.05) is 18.6 Å². The van der Waals surface area contributed by atoms with Crippen molar-refractivity contribution in [1.29, 1.82) is 0 Å². The molecule has 0 spiro atoms. The van der Waals surface area contributed by atoms with Crippen LogP contribution in [0, 0.1) is 5.41 Å². The molecule has 1 heterocycles. The molecule has 1 aromatic carbocycles. The Bertz CT molecular complexity index is 641. The van der Waals surface area contributed by atoms with Crippen molar-refractivity contribution in [3.05, 3.63) is 27.7 Å². The van der Waals surface area contributed by atoms with E-state index in [-0.39, 0.29) is 11.4 Å². The molecule has 3 unspecified atom stereocenters. The summed E-state index contributed by atoms with van der Waals surface area (Å²) >= 11 is 6.33. The van der Waals surface area contributed by atoms with E-state index >= 15 is 0 Å². The molecule has 1 saturated carbocycles. The van der Waals surface area contributed by atoms with Crippen molar-refractivity contribution in [3.8, 4) is 0 Å². The van der Waals surface area contributed by atoms with Gasteiger partial charge in [0.2, 0.25) is 0 Å². The number of halogens is 2. The van der Waals surface area contributed by atoms with E-state index in [0.29, 0.717) is 21.4 Å². The third-order valence-electron chi connectivity index (χ3n) is 4.74. The van der Waals surface area contributed by atoms with Crippen molar-refractivity contribution in [2.45, 2.75) is 49.5 Å². The van der Waals surface area contributed by atoms with Crippen LogP contribution in [0.5, 0.6) is 0 Å². The maximum absolute atomic E-state index is 12.0. The summed E-state index contributed by atoms with van der Waals surface area (Å²) in [7, 11) is 1.44. The second-order valence-corrected chi connectivity index (χ2v) is 10.2. The first-order valence-electron chi connectivity index (χ1n) is 8.05. The van der Waals surface area contributed by atoms with Crippen LogP contribution in [0.1, 0.15) is 55.5 Å². The van der Waals surface area contributed by atoms with Gasteiger partial charge in [0, 0.05) is 26.9 Å². The summed E-state index contributed by atoms with van der Waals surface area (Å²) in [5.74, 6) is 0.262. The van der Waals surface area contributed by atoms with E-state index in [1.807, 2.05) is 6.07 Å². The van der Waals surface area contributed by atoms with E-state index in [4.69, 9.17) is 4.74 Å². The van der Waals surface area contributed by atoms with Crippen molar-refractivity contribution in [1.82, 2.24) is 0 Å². The lowest BCUT2D eigenvalue weighted by Crippen LogP contribution is -2.42. The van der Waals surface area contributed by atoms with Crippen LogP contribution in [0.3, 0.4) is 0 Å². The molecule has 0 radical (unpaired) electrons. The Morgan fingerprint density at radius 1 is 1.39 bits per heavy atom. The molecule has 0 bridgehead atoms. The molecule has 1 aliphatic carbocycles. The molecule has 0 N–H and O–H groups in total. The number of alkyl halides is 1. The van der Waals surface area contributed by atoms with Gasteiger partial charge in [0.1, 0.15) is 0 Å². The number of methoxy groups -OCH3 is 1. The van der Waals surface area contributed by atoms with E-state index in [1.165, 1.54) is 31.2 Å². The smallest absolute Gasteiger partial charge is 0.337 e. The minimum Gasteiger partial charge on any atom is -0.465 e. The summed E-state index contributed by atoms with van der Waals surface area (Å²) in [5.41, 5.74) is 3.47. The van der Waals surface area contributed by atoms with Gasteiger partial charge in [-0.3, -0.25) is 0 Å². The highest BCUT2D eigenvalue weighted by atomic mass is 127. The summed E-state index contributed by atoms with van der Waals surface area (Å²) in [6.07, 6.45) is 2.44. The van der Waals surface area contributed by atoms with Crippen LogP contribution in [0.4, 0.5) is 5.69 Å². The van der Waals surface area contributed by atoms with Gasteiger partial charge in [0.25, 0.3) is 0 Å². The molecular weight excluding hydrogens is 469 g/mol. The Morgan fingerprint density at radius 2 is 2.09 bits per heavy atom. The zero-order valence-electron chi connectivity index (χ0n) is 14.0. The first kappa shape index (κ1) is 17.5. The van der Waals surface area contributed by atoms with Crippen LogP contribution >= 0.6 is 38.5 Å². The summed E-state index contributed by atoms with van der Waals surface area (Å²) in [6, 6.07) is 4.50. The molecule has 5 heteroatoms. The minimum atomic E-state index is -0.261. The van der Waals surface area contributed by atoms with Crippen LogP contribution in [-0.4, -0.2) is 29.6 Å². The van der Waals surface area contributed by atoms with E-state index in [0.717, 1.165) is 11.0 Å². The molecule has 126 valence electrons. The zero-order valence-corrected chi connectivity index (χ0v) is 17.8. The highest BCUT2D eigenvalue weighted by molar-refractivity contribution is 14.1. The van der Waals surface area contributed by atoms with Crippen molar-refractivity contribution >= 4 is 50.2 Å². The molecule has 1 aliphatic heterocycles. The average molecular weight is 492 g/mol. The Morgan fingerprint density at radius 3 is 2.70 bits per heavy atom. The topological polar surface area (TPSA) is 29.5 Å². The van der Waals surface area contributed by atoms with Gasteiger partial charge < -0.3 is 9.64 Å². The first-order chi connectivity index (χ1) is 10.7. The molecule has 1 fully saturated rings. The highest BCUT2D eigenvalue weighted by Crippen LogP contribution is 2.54. The Labute approximate surface area is 160 Å². The number of benzene rings is 1. The zero-order chi connectivity index (χ0) is 16.9. The number of hydrogen-bond donors (Lipinski definition) is 0. The fourth-order valence-corrected chi connectivity index (χ4v) is 5.92. The third kappa shape index (κ3) is 3.15. The maximum Gasteiger partial charge on any atom is 0.337 e. The van der Waals surface area contributed by atoms with E-state index in [2.05, 4.69) is 70.3 Å². The second-order valence-electron chi connectivity index (χ2n) is 7.77.